The van der Waals surface area contributed by atoms with Crippen molar-refractivity contribution in [3.63, 3.8) is 0 Å². The zero-order valence-electron chi connectivity index (χ0n) is 11.9. The fourth-order valence-electron chi connectivity index (χ4n) is 2.64. The fraction of sp³-hybridized carbons (Fsp3) is 0.571. The summed E-state index contributed by atoms with van der Waals surface area (Å²) in [5, 5.41) is 15.2. The van der Waals surface area contributed by atoms with Gasteiger partial charge in [-0.3, -0.25) is 5.32 Å². The minimum absolute atomic E-state index is 0.195. The minimum Gasteiger partial charge on any atom is -0.478 e. The molecule has 1 aliphatic rings. The van der Waals surface area contributed by atoms with Gasteiger partial charge in [0.25, 0.3) is 0 Å². The summed E-state index contributed by atoms with van der Waals surface area (Å²) in [6.45, 7) is 5.79. The molecule has 2 unspecified atom stereocenters. The molecule has 20 heavy (non-hydrogen) atoms. The highest BCUT2D eigenvalue weighted by molar-refractivity contribution is 7.16. The van der Waals surface area contributed by atoms with Gasteiger partial charge in [-0.15, -0.1) is 11.3 Å². The van der Waals surface area contributed by atoms with E-state index in [4.69, 9.17) is 0 Å². The fourth-order valence-corrected chi connectivity index (χ4v) is 3.68. The first-order valence-corrected chi connectivity index (χ1v) is 7.61. The summed E-state index contributed by atoms with van der Waals surface area (Å²) < 4.78 is 0. The molecular weight excluding hydrogens is 276 g/mol. The van der Waals surface area contributed by atoms with Crippen molar-refractivity contribution in [2.24, 2.45) is 5.92 Å². The van der Waals surface area contributed by atoms with Gasteiger partial charge in [0.05, 0.1) is 5.56 Å². The number of amides is 2. The van der Waals surface area contributed by atoms with Crippen LogP contribution in [0.15, 0.2) is 0 Å². The van der Waals surface area contributed by atoms with Gasteiger partial charge in [0.2, 0.25) is 0 Å². The Bertz CT molecular complexity index is 539. The molecular formula is C14H20N2O3S. The predicted octanol–water partition coefficient (Wildman–Crippen LogP) is 3.37. The Kier molecular flexibility index (Phi) is 4.32. The summed E-state index contributed by atoms with van der Waals surface area (Å²) in [6, 6.07) is -0.117. The van der Waals surface area contributed by atoms with Gasteiger partial charge < -0.3 is 10.4 Å². The Labute approximate surface area is 122 Å². The molecule has 1 aromatic rings. The number of hydrogen-bond donors (Lipinski definition) is 3. The molecule has 6 heteroatoms. The number of aryl methyl sites for hydroxylation is 1. The quantitative estimate of drug-likeness (QED) is 0.800. The lowest BCUT2D eigenvalue weighted by molar-refractivity contribution is 0.0697. The highest BCUT2D eigenvalue weighted by Gasteiger charge is 2.24. The summed E-state index contributed by atoms with van der Waals surface area (Å²) in [7, 11) is 0. The Morgan fingerprint density at radius 3 is 2.55 bits per heavy atom. The van der Waals surface area contributed by atoms with E-state index in [-0.39, 0.29) is 17.6 Å². The Morgan fingerprint density at radius 2 is 2.00 bits per heavy atom. The van der Waals surface area contributed by atoms with Crippen molar-refractivity contribution in [1.29, 1.82) is 0 Å². The number of nitrogens with one attached hydrogen (secondary N) is 2. The second-order valence-electron chi connectivity index (χ2n) is 5.51. The van der Waals surface area contributed by atoms with Gasteiger partial charge in [0.15, 0.2) is 0 Å². The van der Waals surface area contributed by atoms with Crippen molar-refractivity contribution in [2.45, 2.75) is 46.1 Å². The highest BCUT2D eigenvalue weighted by Crippen LogP contribution is 2.32. The molecule has 1 heterocycles. The van der Waals surface area contributed by atoms with Gasteiger partial charge in [-0.2, -0.15) is 0 Å². The standard InChI is InChI=1S/C14H20N2O3S/c1-7-4-5-10(6-7)15-14(19)16-12-11(13(17)18)8(2)9(3)20-12/h7,10H,4-6H2,1-3H3,(H,17,18)(H2,15,16,19). The Morgan fingerprint density at radius 1 is 1.30 bits per heavy atom. The van der Waals surface area contributed by atoms with Gasteiger partial charge in [0, 0.05) is 10.9 Å². The van der Waals surface area contributed by atoms with E-state index >= 15 is 0 Å². The summed E-state index contributed by atoms with van der Waals surface area (Å²) in [6.07, 6.45) is 3.10. The summed E-state index contributed by atoms with van der Waals surface area (Å²) in [5.41, 5.74) is 0.912. The molecule has 2 amide bonds. The van der Waals surface area contributed by atoms with E-state index in [1.807, 2.05) is 6.92 Å². The second-order valence-corrected chi connectivity index (χ2v) is 6.73. The highest BCUT2D eigenvalue weighted by atomic mass is 32.1. The molecule has 0 bridgehead atoms. The van der Waals surface area contributed by atoms with Gasteiger partial charge in [-0.05, 0) is 44.6 Å². The number of aromatic carboxylic acids is 1. The molecule has 2 rings (SSSR count). The first kappa shape index (κ1) is 14.8. The van der Waals surface area contributed by atoms with Gasteiger partial charge in [0.1, 0.15) is 5.00 Å². The number of thiophene rings is 1. The molecule has 1 fully saturated rings. The molecule has 5 nitrogen and oxygen atoms in total. The minimum atomic E-state index is -1.00. The third kappa shape index (κ3) is 3.12. The lowest BCUT2D eigenvalue weighted by Gasteiger charge is -2.13. The van der Waals surface area contributed by atoms with E-state index in [1.165, 1.54) is 11.3 Å². The lowest BCUT2D eigenvalue weighted by atomic mass is 10.1. The molecule has 0 radical (unpaired) electrons. The average Bonchev–Trinajstić information content (AvgIpc) is 2.84. The first-order chi connectivity index (χ1) is 9.38. The summed E-state index contributed by atoms with van der Waals surface area (Å²) >= 11 is 1.30. The number of anilines is 1. The molecule has 2 atom stereocenters. The lowest BCUT2D eigenvalue weighted by Crippen LogP contribution is -2.36. The smallest absolute Gasteiger partial charge is 0.338 e. The second kappa shape index (κ2) is 5.83. The zero-order chi connectivity index (χ0) is 14.9. The summed E-state index contributed by atoms with van der Waals surface area (Å²) in [5.74, 6) is -0.363. The van der Waals surface area contributed by atoms with Crippen LogP contribution in [0.4, 0.5) is 9.80 Å². The normalized spacial score (nSPS) is 21.8. The topological polar surface area (TPSA) is 78.4 Å². The number of carbonyl (C=O) groups excluding carboxylic acids is 1. The van der Waals surface area contributed by atoms with Gasteiger partial charge in [-0.25, -0.2) is 9.59 Å². The molecule has 1 aromatic heterocycles. The monoisotopic (exact) mass is 296 g/mol. The zero-order valence-corrected chi connectivity index (χ0v) is 12.8. The van der Waals surface area contributed by atoms with E-state index in [0.29, 0.717) is 16.5 Å². The number of carboxylic acids is 1. The molecule has 0 aromatic carbocycles. The third-order valence-corrected chi connectivity index (χ3v) is 4.98. The number of carboxylic acid groups (broad SMARTS) is 1. The van der Waals surface area contributed by atoms with E-state index < -0.39 is 5.97 Å². The molecule has 0 saturated heterocycles. The van der Waals surface area contributed by atoms with Gasteiger partial charge in [-0.1, -0.05) is 6.92 Å². The number of urea groups is 1. The average molecular weight is 296 g/mol. The first-order valence-electron chi connectivity index (χ1n) is 6.79. The van der Waals surface area contributed by atoms with E-state index in [2.05, 4.69) is 17.6 Å². The van der Waals surface area contributed by atoms with Crippen LogP contribution >= 0.6 is 11.3 Å². The molecule has 1 saturated carbocycles. The Hall–Kier alpha value is -1.56. The van der Waals surface area contributed by atoms with Crippen molar-refractivity contribution in [2.75, 3.05) is 5.32 Å². The van der Waals surface area contributed by atoms with E-state index in [9.17, 15) is 14.7 Å². The van der Waals surface area contributed by atoms with Crippen LogP contribution in [0.25, 0.3) is 0 Å². The number of rotatable bonds is 3. The number of carbonyl (C=O) groups is 2. The molecule has 0 spiro atoms. The molecule has 110 valence electrons. The van der Waals surface area contributed by atoms with Crippen molar-refractivity contribution in [3.8, 4) is 0 Å². The molecule has 0 aliphatic heterocycles. The summed E-state index contributed by atoms with van der Waals surface area (Å²) in [4.78, 5) is 24.1. The van der Waals surface area contributed by atoms with Crippen LogP contribution in [0.5, 0.6) is 0 Å². The van der Waals surface area contributed by atoms with Crippen LogP contribution in [0.2, 0.25) is 0 Å². The van der Waals surface area contributed by atoms with Crippen molar-refractivity contribution in [3.05, 3.63) is 16.0 Å². The Balaban J connectivity index is 2.04. The number of hydrogen-bond acceptors (Lipinski definition) is 3. The van der Waals surface area contributed by atoms with E-state index in [0.717, 1.165) is 24.1 Å². The van der Waals surface area contributed by atoms with Crippen LogP contribution < -0.4 is 10.6 Å². The third-order valence-electron chi connectivity index (χ3n) is 3.86. The van der Waals surface area contributed by atoms with E-state index in [1.54, 1.807) is 6.92 Å². The van der Waals surface area contributed by atoms with Crippen molar-refractivity contribution < 1.29 is 14.7 Å². The largest absolute Gasteiger partial charge is 0.478 e. The molecule has 3 N–H and O–H groups in total. The van der Waals surface area contributed by atoms with Crippen molar-refractivity contribution in [1.82, 2.24) is 5.32 Å². The van der Waals surface area contributed by atoms with Crippen LogP contribution in [-0.2, 0) is 0 Å². The van der Waals surface area contributed by atoms with Crippen LogP contribution in [-0.4, -0.2) is 23.1 Å². The predicted molar refractivity (Wildman–Crippen MR) is 79.7 cm³/mol. The van der Waals surface area contributed by atoms with Crippen LogP contribution in [0.1, 0.15) is 47.0 Å². The molecule has 1 aliphatic carbocycles. The SMILES string of the molecule is Cc1sc(NC(=O)NC2CCC(C)C2)c(C(=O)O)c1C. The van der Waals surface area contributed by atoms with Gasteiger partial charge >= 0.3 is 12.0 Å². The van der Waals surface area contributed by atoms with Crippen LogP contribution in [0.3, 0.4) is 0 Å². The van der Waals surface area contributed by atoms with Crippen molar-refractivity contribution >= 4 is 28.3 Å². The maximum atomic E-state index is 12.0. The maximum Gasteiger partial charge on any atom is 0.338 e. The maximum absolute atomic E-state index is 12.0. The van der Waals surface area contributed by atoms with Crippen LogP contribution in [0, 0.1) is 19.8 Å².